The maximum Gasteiger partial charge on any atom is 0.203 e. The molecule has 1 aliphatic heterocycles. The van der Waals surface area contributed by atoms with E-state index in [9.17, 15) is 0 Å². The van der Waals surface area contributed by atoms with Crippen molar-refractivity contribution in [2.45, 2.75) is 31.2 Å². The molecule has 3 aromatic heterocycles. The van der Waals surface area contributed by atoms with E-state index in [1.807, 2.05) is 15.3 Å². The van der Waals surface area contributed by atoms with Gasteiger partial charge >= 0.3 is 0 Å². The van der Waals surface area contributed by atoms with Crippen molar-refractivity contribution in [1.29, 1.82) is 0 Å². The van der Waals surface area contributed by atoms with Crippen LogP contribution in [0.25, 0.3) is 5.65 Å². The lowest BCUT2D eigenvalue weighted by Gasteiger charge is -2.17. The number of aromatic nitrogens is 7. The van der Waals surface area contributed by atoms with Crippen LogP contribution < -0.4 is 4.90 Å². The summed E-state index contributed by atoms with van der Waals surface area (Å²) in [5.41, 5.74) is 1.96. The SMILES string of the molecule is c1cn2cnnc2c(N2CCC(n3cc(C4CC4)nn3)C2)n1. The van der Waals surface area contributed by atoms with E-state index in [1.54, 1.807) is 12.5 Å². The fourth-order valence-electron chi connectivity index (χ4n) is 3.15. The zero-order valence-corrected chi connectivity index (χ0v) is 12.1. The number of anilines is 1. The van der Waals surface area contributed by atoms with Crippen molar-refractivity contribution in [2.75, 3.05) is 18.0 Å². The van der Waals surface area contributed by atoms with Crippen molar-refractivity contribution in [2.24, 2.45) is 0 Å². The minimum Gasteiger partial charge on any atom is -0.351 e. The smallest absolute Gasteiger partial charge is 0.203 e. The Morgan fingerprint density at radius 3 is 3.00 bits per heavy atom. The van der Waals surface area contributed by atoms with Gasteiger partial charge in [0.05, 0.1) is 11.7 Å². The van der Waals surface area contributed by atoms with E-state index in [4.69, 9.17) is 0 Å². The summed E-state index contributed by atoms with van der Waals surface area (Å²) in [5.74, 6) is 1.54. The van der Waals surface area contributed by atoms with E-state index in [1.165, 1.54) is 12.8 Å². The van der Waals surface area contributed by atoms with Crippen LogP contribution in [-0.2, 0) is 0 Å². The van der Waals surface area contributed by atoms with Gasteiger partial charge < -0.3 is 4.90 Å². The Hall–Kier alpha value is -2.51. The number of fused-ring (bicyclic) bond motifs is 1. The van der Waals surface area contributed by atoms with Gasteiger partial charge in [0.15, 0.2) is 5.82 Å². The van der Waals surface area contributed by atoms with Crippen molar-refractivity contribution in [3.05, 3.63) is 30.6 Å². The molecule has 1 aliphatic carbocycles. The minimum absolute atomic E-state index is 0.352. The van der Waals surface area contributed by atoms with Crippen LogP contribution in [0.5, 0.6) is 0 Å². The van der Waals surface area contributed by atoms with Crippen LogP contribution in [0.3, 0.4) is 0 Å². The molecule has 1 saturated carbocycles. The minimum atomic E-state index is 0.352. The zero-order chi connectivity index (χ0) is 14.5. The summed E-state index contributed by atoms with van der Waals surface area (Å²) in [7, 11) is 0. The van der Waals surface area contributed by atoms with Gasteiger partial charge in [0, 0.05) is 37.6 Å². The molecule has 2 aliphatic rings. The molecule has 112 valence electrons. The highest BCUT2D eigenvalue weighted by atomic mass is 15.5. The summed E-state index contributed by atoms with van der Waals surface area (Å²) >= 11 is 0. The highest BCUT2D eigenvalue weighted by Gasteiger charge is 2.30. The summed E-state index contributed by atoms with van der Waals surface area (Å²) < 4.78 is 3.92. The largest absolute Gasteiger partial charge is 0.351 e. The van der Waals surface area contributed by atoms with Crippen molar-refractivity contribution >= 4 is 11.5 Å². The van der Waals surface area contributed by atoms with Crippen molar-refractivity contribution in [1.82, 2.24) is 34.6 Å². The molecular formula is C14H16N8. The van der Waals surface area contributed by atoms with E-state index in [0.29, 0.717) is 12.0 Å². The summed E-state index contributed by atoms with van der Waals surface area (Å²) in [6, 6.07) is 0.352. The first-order chi connectivity index (χ1) is 10.9. The van der Waals surface area contributed by atoms with E-state index in [-0.39, 0.29) is 0 Å². The summed E-state index contributed by atoms with van der Waals surface area (Å²) in [6.45, 7) is 1.83. The molecule has 0 N–H and O–H groups in total. The molecule has 3 aromatic rings. The molecule has 0 radical (unpaired) electrons. The van der Waals surface area contributed by atoms with Gasteiger partial charge in [0.25, 0.3) is 0 Å². The molecular weight excluding hydrogens is 280 g/mol. The van der Waals surface area contributed by atoms with Crippen molar-refractivity contribution in [3.63, 3.8) is 0 Å². The Balaban J connectivity index is 1.40. The third-order valence-electron chi connectivity index (χ3n) is 4.56. The standard InChI is InChI=1S/C14H16N8/c1-2-10(1)12-8-22(19-17-12)11-3-5-20(7-11)13-14-18-16-9-21(14)6-4-15-13/h4,6,8-11H,1-3,5,7H2. The molecule has 1 unspecified atom stereocenters. The molecule has 0 spiro atoms. The van der Waals surface area contributed by atoms with Gasteiger partial charge in [-0.15, -0.1) is 15.3 Å². The number of hydrogen-bond donors (Lipinski definition) is 0. The van der Waals surface area contributed by atoms with Crippen LogP contribution in [-0.4, -0.2) is 47.7 Å². The van der Waals surface area contributed by atoms with Gasteiger partial charge in [-0.2, -0.15) is 0 Å². The molecule has 0 bridgehead atoms. The summed E-state index contributed by atoms with van der Waals surface area (Å²) in [6.07, 6.45) is 11.0. The molecule has 0 aromatic carbocycles. The molecule has 1 saturated heterocycles. The second-order valence-corrected chi connectivity index (χ2v) is 6.10. The first kappa shape index (κ1) is 12.1. The van der Waals surface area contributed by atoms with E-state index >= 15 is 0 Å². The molecule has 2 fully saturated rings. The van der Waals surface area contributed by atoms with Crippen LogP contribution >= 0.6 is 0 Å². The molecule has 8 nitrogen and oxygen atoms in total. The monoisotopic (exact) mass is 296 g/mol. The average Bonchev–Trinajstić information content (AvgIpc) is 3.01. The fraction of sp³-hybridized carbons (Fsp3) is 0.500. The van der Waals surface area contributed by atoms with Crippen LogP contribution in [0.1, 0.15) is 36.9 Å². The average molecular weight is 296 g/mol. The van der Waals surface area contributed by atoms with Crippen molar-refractivity contribution in [3.8, 4) is 0 Å². The second kappa shape index (κ2) is 4.49. The lowest BCUT2D eigenvalue weighted by atomic mass is 10.2. The molecule has 5 rings (SSSR count). The maximum absolute atomic E-state index is 4.49. The van der Waals surface area contributed by atoms with Crippen LogP contribution in [0.15, 0.2) is 24.9 Å². The first-order valence-corrected chi connectivity index (χ1v) is 7.69. The van der Waals surface area contributed by atoms with Crippen LogP contribution in [0, 0.1) is 0 Å². The summed E-state index contributed by atoms with van der Waals surface area (Å²) in [5, 5.41) is 16.8. The Kier molecular flexibility index (Phi) is 2.46. The van der Waals surface area contributed by atoms with Crippen molar-refractivity contribution < 1.29 is 0 Å². The molecule has 1 atom stereocenters. The Labute approximate surface area is 126 Å². The van der Waals surface area contributed by atoms with Gasteiger partial charge in [0.1, 0.15) is 6.33 Å². The second-order valence-electron chi connectivity index (χ2n) is 6.10. The van der Waals surface area contributed by atoms with E-state index in [2.05, 4.69) is 36.6 Å². The Bertz CT molecular complexity index is 817. The molecule has 8 heteroatoms. The van der Waals surface area contributed by atoms with Gasteiger partial charge in [-0.05, 0) is 19.3 Å². The van der Waals surface area contributed by atoms with Crippen LogP contribution in [0.4, 0.5) is 5.82 Å². The maximum atomic E-state index is 4.49. The van der Waals surface area contributed by atoms with Gasteiger partial charge in [-0.25, -0.2) is 9.67 Å². The fourth-order valence-corrected chi connectivity index (χ4v) is 3.15. The number of nitrogens with zero attached hydrogens (tertiary/aromatic N) is 8. The number of rotatable bonds is 3. The third kappa shape index (κ3) is 1.87. The van der Waals surface area contributed by atoms with Crippen LogP contribution in [0.2, 0.25) is 0 Å². The van der Waals surface area contributed by atoms with Gasteiger partial charge in [0.2, 0.25) is 5.65 Å². The predicted octanol–water partition coefficient (Wildman–Crippen LogP) is 1.04. The number of hydrogen-bond acceptors (Lipinski definition) is 6. The third-order valence-corrected chi connectivity index (χ3v) is 4.56. The van der Waals surface area contributed by atoms with Gasteiger partial charge in [-0.3, -0.25) is 4.40 Å². The lowest BCUT2D eigenvalue weighted by molar-refractivity contribution is 0.479. The zero-order valence-electron chi connectivity index (χ0n) is 12.1. The Morgan fingerprint density at radius 1 is 1.14 bits per heavy atom. The first-order valence-electron chi connectivity index (χ1n) is 7.69. The van der Waals surface area contributed by atoms with E-state index < -0.39 is 0 Å². The highest BCUT2D eigenvalue weighted by molar-refractivity contribution is 5.63. The normalized spacial score (nSPS) is 21.8. The highest BCUT2D eigenvalue weighted by Crippen LogP contribution is 2.39. The molecule has 22 heavy (non-hydrogen) atoms. The molecule has 4 heterocycles. The quantitative estimate of drug-likeness (QED) is 0.719. The predicted molar refractivity (Wildman–Crippen MR) is 78.6 cm³/mol. The lowest BCUT2D eigenvalue weighted by Crippen LogP contribution is -2.22. The summed E-state index contributed by atoms with van der Waals surface area (Å²) in [4.78, 5) is 6.75. The topological polar surface area (TPSA) is 77.0 Å². The van der Waals surface area contributed by atoms with Gasteiger partial charge in [-0.1, -0.05) is 5.21 Å². The van der Waals surface area contributed by atoms with E-state index in [0.717, 1.165) is 36.7 Å². The molecule has 0 amide bonds. The Morgan fingerprint density at radius 2 is 2.09 bits per heavy atom.